The molecule has 0 spiro atoms. The Kier molecular flexibility index (Phi) is 5.71. The largest absolute Gasteiger partial charge is 0.494 e. The predicted molar refractivity (Wildman–Crippen MR) is 139 cm³/mol. The van der Waals surface area contributed by atoms with E-state index in [4.69, 9.17) is 27.1 Å². The van der Waals surface area contributed by atoms with Gasteiger partial charge in [0.15, 0.2) is 0 Å². The van der Waals surface area contributed by atoms with Crippen molar-refractivity contribution in [1.29, 1.82) is 0 Å². The van der Waals surface area contributed by atoms with Crippen LogP contribution in [0.4, 0.5) is 23.0 Å². The molecule has 1 saturated heterocycles. The highest BCUT2D eigenvalue weighted by molar-refractivity contribution is 6.33. The van der Waals surface area contributed by atoms with Crippen LogP contribution >= 0.6 is 11.6 Å². The van der Waals surface area contributed by atoms with E-state index in [1.165, 1.54) is 0 Å². The summed E-state index contributed by atoms with van der Waals surface area (Å²) in [6.45, 7) is 1.86. The lowest BCUT2D eigenvalue weighted by Crippen LogP contribution is -2.57. The van der Waals surface area contributed by atoms with Gasteiger partial charge in [-0.1, -0.05) is 29.8 Å². The average Bonchev–Trinajstić information content (AvgIpc) is 3.12. The first-order chi connectivity index (χ1) is 16.4. The molecular formula is C25H28ClN7O. The Morgan fingerprint density at radius 3 is 2.71 bits per heavy atom. The van der Waals surface area contributed by atoms with Crippen LogP contribution in [0.25, 0.3) is 22.2 Å². The molecule has 176 valence electrons. The summed E-state index contributed by atoms with van der Waals surface area (Å²) in [5.74, 6) is 1.08. The van der Waals surface area contributed by atoms with Crippen LogP contribution in [0.1, 0.15) is 0 Å². The Morgan fingerprint density at radius 2 is 1.97 bits per heavy atom. The normalized spacial score (nSPS) is 14.0. The van der Waals surface area contributed by atoms with Gasteiger partial charge in [0, 0.05) is 54.9 Å². The smallest absolute Gasteiger partial charge is 0.227 e. The number of hydrogen-bond donors (Lipinski definition) is 2. The third kappa shape index (κ3) is 3.89. The Balaban J connectivity index is 1.46. The van der Waals surface area contributed by atoms with E-state index >= 15 is 0 Å². The van der Waals surface area contributed by atoms with E-state index in [0.29, 0.717) is 39.8 Å². The van der Waals surface area contributed by atoms with Crippen molar-refractivity contribution in [2.24, 2.45) is 7.05 Å². The topological polar surface area (TPSA) is 84.5 Å². The molecule has 0 aliphatic carbocycles. The molecule has 0 radical (unpaired) electrons. The number of methoxy groups -OCH3 is 1. The summed E-state index contributed by atoms with van der Waals surface area (Å²) in [4.78, 5) is 13.6. The second kappa shape index (κ2) is 8.70. The number of nitrogens with one attached hydrogen (secondary N) is 1. The molecule has 0 bridgehead atoms. The maximum absolute atomic E-state index is 6.52. The lowest BCUT2D eigenvalue weighted by molar-refractivity contribution is 0.247. The van der Waals surface area contributed by atoms with Gasteiger partial charge in [0.1, 0.15) is 5.75 Å². The Bertz CT molecular complexity index is 1360. The summed E-state index contributed by atoms with van der Waals surface area (Å²) < 4.78 is 7.73. The highest BCUT2D eigenvalue weighted by Crippen LogP contribution is 2.39. The van der Waals surface area contributed by atoms with E-state index in [-0.39, 0.29) is 0 Å². The highest BCUT2D eigenvalue weighted by Gasteiger charge is 2.30. The molecule has 2 aromatic heterocycles. The van der Waals surface area contributed by atoms with Gasteiger partial charge in [-0.05, 0) is 26.2 Å². The molecule has 1 aliphatic rings. The van der Waals surface area contributed by atoms with Crippen LogP contribution in [-0.2, 0) is 7.05 Å². The molecule has 1 aliphatic heterocycles. The fourth-order valence-electron chi connectivity index (χ4n) is 4.37. The molecule has 34 heavy (non-hydrogen) atoms. The molecule has 3 N–H and O–H groups in total. The monoisotopic (exact) mass is 477 g/mol. The number of aromatic nitrogens is 3. The van der Waals surface area contributed by atoms with Gasteiger partial charge in [0.05, 0.1) is 41.1 Å². The van der Waals surface area contributed by atoms with Crippen LogP contribution in [0.2, 0.25) is 5.02 Å². The minimum atomic E-state index is 0.411. The molecule has 9 heteroatoms. The molecule has 0 atom stereocenters. The number of aryl methyl sites for hydroxylation is 1. The number of nitrogens with two attached hydrogens (primary N) is 1. The van der Waals surface area contributed by atoms with Gasteiger partial charge in [-0.15, -0.1) is 0 Å². The van der Waals surface area contributed by atoms with E-state index in [0.717, 1.165) is 35.2 Å². The zero-order chi connectivity index (χ0) is 24.0. The lowest BCUT2D eigenvalue weighted by Gasteiger charge is -2.44. The molecule has 4 aromatic rings. The van der Waals surface area contributed by atoms with Crippen molar-refractivity contribution in [1.82, 2.24) is 19.4 Å². The van der Waals surface area contributed by atoms with Gasteiger partial charge < -0.3 is 30.2 Å². The maximum Gasteiger partial charge on any atom is 0.227 e. The molecule has 2 aromatic carbocycles. The summed E-state index contributed by atoms with van der Waals surface area (Å²) in [5, 5.41) is 4.83. The predicted octanol–water partition coefficient (Wildman–Crippen LogP) is 4.37. The number of nitrogens with zero attached hydrogens (tertiary/aromatic N) is 5. The first kappa shape index (κ1) is 22.3. The first-order valence-corrected chi connectivity index (χ1v) is 11.5. The standard InChI is InChI=1S/C25H28ClN7O/c1-31(2)15-12-33(13-15)22-10-23(34-4)20(9-19(22)27)29-25-28-11-18(26)24(30-25)17-14-32(3)21-8-6-5-7-16(17)21/h5-11,14-15H,12-13,27H2,1-4H3,(H,28,29,30). The number of anilines is 4. The van der Waals surface area contributed by atoms with Gasteiger partial charge in [-0.25, -0.2) is 9.97 Å². The van der Waals surface area contributed by atoms with E-state index in [1.807, 2.05) is 37.5 Å². The molecule has 3 heterocycles. The van der Waals surface area contributed by atoms with Gasteiger partial charge in [-0.2, -0.15) is 0 Å². The zero-order valence-corrected chi connectivity index (χ0v) is 20.5. The van der Waals surface area contributed by atoms with Crippen molar-refractivity contribution in [3.8, 4) is 17.0 Å². The number of rotatable bonds is 6. The number of nitrogen functional groups attached to an aromatic ring is 1. The Morgan fingerprint density at radius 1 is 1.21 bits per heavy atom. The van der Waals surface area contributed by atoms with Crippen LogP contribution in [0.3, 0.4) is 0 Å². The Hall–Kier alpha value is -3.49. The molecule has 5 rings (SSSR count). The average molecular weight is 478 g/mol. The zero-order valence-electron chi connectivity index (χ0n) is 19.7. The summed E-state index contributed by atoms with van der Waals surface area (Å²) in [6, 6.07) is 12.5. The van der Waals surface area contributed by atoms with Crippen molar-refractivity contribution in [3.05, 3.63) is 53.8 Å². The van der Waals surface area contributed by atoms with Crippen LogP contribution in [0.15, 0.2) is 48.8 Å². The molecule has 0 amide bonds. The fourth-order valence-corrected chi connectivity index (χ4v) is 4.56. The second-order valence-electron chi connectivity index (χ2n) is 8.82. The number of fused-ring (bicyclic) bond motifs is 1. The molecule has 8 nitrogen and oxygen atoms in total. The van der Waals surface area contributed by atoms with E-state index in [1.54, 1.807) is 13.3 Å². The molecule has 1 fully saturated rings. The first-order valence-electron chi connectivity index (χ1n) is 11.1. The number of ether oxygens (including phenoxy) is 1. The van der Waals surface area contributed by atoms with E-state index in [9.17, 15) is 0 Å². The van der Waals surface area contributed by atoms with Gasteiger partial charge in [-0.3, -0.25) is 0 Å². The third-order valence-corrected chi connectivity index (χ3v) is 6.70. The lowest BCUT2D eigenvalue weighted by atomic mass is 10.1. The third-order valence-electron chi connectivity index (χ3n) is 6.42. The minimum absolute atomic E-state index is 0.411. The van der Waals surface area contributed by atoms with Crippen molar-refractivity contribution in [2.45, 2.75) is 6.04 Å². The summed E-state index contributed by atoms with van der Waals surface area (Å²) in [6.07, 6.45) is 3.64. The number of hydrogen-bond acceptors (Lipinski definition) is 7. The van der Waals surface area contributed by atoms with Crippen LogP contribution in [0, 0.1) is 0 Å². The minimum Gasteiger partial charge on any atom is -0.494 e. The molecule has 0 saturated carbocycles. The Labute approximate surface area is 203 Å². The molecule has 0 unspecified atom stereocenters. The summed E-state index contributed by atoms with van der Waals surface area (Å²) in [5.41, 5.74) is 11.5. The van der Waals surface area contributed by atoms with Gasteiger partial charge in [0.25, 0.3) is 0 Å². The van der Waals surface area contributed by atoms with Gasteiger partial charge in [0.2, 0.25) is 5.95 Å². The summed E-state index contributed by atoms with van der Waals surface area (Å²) >= 11 is 6.52. The summed E-state index contributed by atoms with van der Waals surface area (Å²) in [7, 11) is 7.84. The number of para-hydroxylation sites is 1. The van der Waals surface area contributed by atoms with E-state index in [2.05, 4.69) is 50.9 Å². The molecular weight excluding hydrogens is 450 g/mol. The fraction of sp³-hybridized carbons (Fsp3) is 0.280. The SMILES string of the molecule is COc1cc(N2CC(N(C)C)C2)c(N)cc1Nc1ncc(Cl)c(-c2cn(C)c3ccccc23)n1. The second-order valence-corrected chi connectivity index (χ2v) is 9.23. The van der Waals surface area contributed by atoms with Crippen LogP contribution < -0.4 is 20.7 Å². The quantitative estimate of drug-likeness (QED) is 0.399. The number of likely N-dealkylation sites (N-methyl/N-ethyl adjacent to an activating group) is 1. The van der Waals surface area contributed by atoms with Crippen LogP contribution in [-0.4, -0.2) is 59.8 Å². The number of benzene rings is 2. The van der Waals surface area contributed by atoms with Crippen molar-refractivity contribution in [3.63, 3.8) is 0 Å². The maximum atomic E-state index is 6.52. The van der Waals surface area contributed by atoms with Crippen molar-refractivity contribution >= 4 is 45.5 Å². The van der Waals surface area contributed by atoms with E-state index < -0.39 is 0 Å². The van der Waals surface area contributed by atoms with Crippen molar-refractivity contribution < 1.29 is 4.74 Å². The highest BCUT2D eigenvalue weighted by atomic mass is 35.5. The van der Waals surface area contributed by atoms with Crippen LogP contribution in [0.5, 0.6) is 5.75 Å². The number of halogens is 1. The van der Waals surface area contributed by atoms with Crippen molar-refractivity contribution in [2.75, 3.05) is 50.2 Å². The van der Waals surface area contributed by atoms with Gasteiger partial charge >= 0.3 is 0 Å².